The van der Waals surface area contributed by atoms with Gasteiger partial charge in [-0.3, -0.25) is 14.9 Å². The Hall–Kier alpha value is -3.29. The summed E-state index contributed by atoms with van der Waals surface area (Å²) in [5.74, 6) is -3.48. The molecule has 0 aliphatic rings. The summed E-state index contributed by atoms with van der Waals surface area (Å²) in [5, 5.41) is 4.25. The summed E-state index contributed by atoms with van der Waals surface area (Å²) in [4.78, 5) is 38.3. The lowest BCUT2D eigenvalue weighted by Gasteiger charge is -2.30. The molecule has 154 valence electrons. The predicted octanol–water partition coefficient (Wildman–Crippen LogP) is 4.19. The van der Waals surface area contributed by atoms with Crippen LogP contribution in [0.2, 0.25) is 0 Å². The first-order chi connectivity index (χ1) is 13.6. The quantitative estimate of drug-likeness (QED) is 0.786. The molecule has 4 amide bonds. The van der Waals surface area contributed by atoms with E-state index in [1.54, 1.807) is 17.0 Å². The predicted molar refractivity (Wildman–Crippen MR) is 106 cm³/mol. The number of imide groups is 1. The van der Waals surface area contributed by atoms with Crippen LogP contribution in [0.5, 0.6) is 0 Å². The largest absolute Gasteiger partial charge is 0.334 e. The number of nitrogens with one attached hydrogen (secondary N) is 2. The molecule has 2 N–H and O–H groups in total. The van der Waals surface area contributed by atoms with Crippen LogP contribution in [-0.4, -0.2) is 34.8 Å². The van der Waals surface area contributed by atoms with E-state index in [9.17, 15) is 23.2 Å². The van der Waals surface area contributed by atoms with E-state index in [-0.39, 0.29) is 18.0 Å². The molecule has 0 bridgehead atoms. The van der Waals surface area contributed by atoms with Gasteiger partial charge in [0.25, 0.3) is 11.8 Å². The smallest absolute Gasteiger partial charge is 0.326 e. The molecule has 0 spiro atoms. The van der Waals surface area contributed by atoms with Gasteiger partial charge in [-0.15, -0.1) is 0 Å². The maximum atomic E-state index is 13.6. The third-order valence-corrected chi connectivity index (χ3v) is 4.15. The number of halogens is 2. The van der Waals surface area contributed by atoms with Crippen LogP contribution >= 0.6 is 0 Å². The minimum Gasteiger partial charge on any atom is -0.334 e. The molecular weight excluding hydrogens is 380 g/mol. The van der Waals surface area contributed by atoms with Crippen molar-refractivity contribution >= 4 is 23.5 Å². The highest BCUT2D eigenvalue weighted by Crippen LogP contribution is 2.16. The van der Waals surface area contributed by atoms with E-state index >= 15 is 0 Å². The maximum Gasteiger partial charge on any atom is 0.326 e. The summed E-state index contributed by atoms with van der Waals surface area (Å²) in [6.45, 7) is 7.70. The Bertz CT molecular complexity index is 884. The molecule has 2 rings (SSSR count). The summed E-state index contributed by atoms with van der Waals surface area (Å²) >= 11 is 0. The van der Waals surface area contributed by atoms with Crippen molar-refractivity contribution in [2.75, 3.05) is 5.32 Å². The number of urea groups is 1. The van der Waals surface area contributed by atoms with Gasteiger partial charge < -0.3 is 10.2 Å². The lowest BCUT2D eigenvalue weighted by Crippen LogP contribution is -2.42. The van der Waals surface area contributed by atoms with Crippen LogP contribution in [0, 0.1) is 11.6 Å². The third-order valence-electron chi connectivity index (χ3n) is 4.15. The van der Waals surface area contributed by atoms with Crippen LogP contribution < -0.4 is 10.6 Å². The number of hydrogen-bond acceptors (Lipinski definition) is 3. The van der Waals surface area contributed by atoms with E-state index in [0.717, 1.165) is 18.2 Å². The lowest BCUT2D eigenvalue weighted by molar-refractivity contribution is 0.0643. The Morgan fingerprint density at radius 3 is 1.86 bits per heavy atom. The van der Waals surface area contributed by atoms with Crippen LogP contribution in [0.1, 0.15) is 48.4 Å². The summed E-state index contributed by atoms with van der Waals surface area (Å²) in [7, 11) is 0. The molecule has 0 saturated heterocycles. The van der Waals surface area contributed by atoms with Crippen LogP contribution in [-0.2, 0) is 0 Å². The van der Waals surface area contributed by atoms with Crippen molar-refractivity contribution in [3.05, 3.63) is 65.2 Å². The molecule has 6 nitrogen and oxygen atoms in total. The second-order valence-corrected chi connectivity index (χ2v) is 6.98. The molecule has 0 aliphatic carbocycles. The number of rotatable bonds is 5. The van der Waals surface area contributed by atoms with Crippen LogP contribution in [0.3, 0.4) is 0 Å². The van der Waals surface area contributed by atoms with Gasteiger partial charge in [-0.25, -0.2) is 13.6 Å². The van der Waals surface area contributed by atoms with Gasteiger partial charge in [0.2, 0.25) is 0 Å². The normalized spacial score (nSPS) is 10.8. The van der Waals surface area contributed by atoms with Gasteiger partial charge in [-0.05, 0) is 64.1 Å². The average molecular weight is 403 g/mol. The van der Waals surface area contributed by atoms with E-state index in [0.29, 0.717) is 11.3 Å². The van der Waals surface area contributed by atoms with Crippen molar-refractivity contribution in [2.45, 2.75) is 39.8 Å². The Kier molecular flexibility index (Phi) is 7.03. The SMILES string of the molecule is CC(C)N(C(=O)c1ccc(NC(=O)NC(=O)c2c(F)cccc2F)cc1)C(C)C. The van der Waals surface area contributed by atoms with Crippen LogP contribution in [0.4, 0.5) is 19.3 Å². The minimum atomic E-state index is -1.20. The zero-order valence-corrected chi connectivity index (χ0v) is 16.6. The topological polar surface area (TPSA) is 78.5 Å². The zero-order chi connectivity index (χ0) is 21.7. The average Bonchev–Trinajstić information content (AvgIpc) is 2.61. The standard InChI is InChI=1S/C21H23F2N3O3/c1-12(2)26(13(3)4)20(28)14-8-10-15(11-9-14)24-21(29)25-19(27)18-16(22)6-5-7-17(18)23/h5-13H,1-4H3,(H2,24,25,27,29). The molecule has 0 unspecified atom stereocenters. The fraction of sp³-hybridized carbons (Fsp3) is 0.286. The van der Waals surface area contributed by atoms with Gasteiger partial charge in [0.1, 0.15) is 17.2 Å². The van der Waals surface area contributed by atoms with Crippen molar-refractivity contribution in [1.82, 2.24) is 10.2 Å². The van der Waals surface area contributed by atoms with Gasteiger partial charge in [0, 0.05) is 23.3 Å². The van der Waals surface area contributed by atoms with Gasteiger partial charge in [0.05, 0.1) is 0 Å². The number of hydrogen-bond donors (Lipinski definition) is 2. The summed E-state index contributed by atoms with van der Waals surface area (Å²) in [6.07, 6.45) is 0. The Balaban J connectivity index is 2.05. The monoisotopic (exact) mass is 403 g/mol. The minimum absolute atomic E-state index is 0.0240. The number of amides is 4. The van der Waals surface area contributed by atoms with Crippen molar-refractivity contribution in [3.8, 4) is 0 Å². The highest BCUT2D eigenvalue weighted by atomic mass is 19.1. The van der Waals surface area contributed by atoms with E-state index in [2.05, 4.69) is 5.32 Å². The summed E-state index contributed by atoms with van der Waals surface area (Å²) in [5.41, 5.74) is -0.0876. The molecule has 8 heteroatoms. The maximum absolute atomic E-state index is 13.6. The van der Waals surface area contributed by atoms with Gasteiger partial charge >= 0.3 is 6.03 Å². The number of nitrogens with zero attached hydrogens (tertiary/aromatic N) is 1. The highest BCUT2D eigenvalue weighted by Gasteiger charge is 2.22. The molecule has 0 aromatic heterocycles. The first kappa shape index (κ1) is 22.0. The van der Waals surface area contributed by atoms with E-state index < -0.39 is 29.1 Å². The molecule has 29 heavy (non-hydrogen) atoms. The van der Waals surface area contributed by atoms with Gasteiger partial charge in [-0.1, -0.05) is 6.07 Å². The van der Waals surface area contributed by atoms with Gasteiger partial charge in [0.15, 0.2) is 0 Å². The molecule has 0 heterocycles. The van der Waals surface area contributed by atoms with Crippen molar-refractivity contribution in [1.29, 1.82) is 0 Å². The molecule has 0 saturated carbocycles. The number of carbonyl (C=O) groups is 3. The first-order valence-electron chi connectivity index (χ1n) is 9.11. The molecule has 2 aromatic carbocycles. The molecule has 0 fully saturated rings. The summed E-state index contributed by atoms with van der Waals surface area (Å²) in [6, 6.07) is 8.15. The molecule has 0 atom stereocenters. The van der Waals surface area contributed by atoms with Crippen molar-refractivity contribution < 1.29 is 23.2 Å². The second kappa shape index (κ2) is 9.27. The van der Waals surface area contributed by atoms with E-state index in [1.807, 2.05) is 33.0 Å². The second-order valence-electron chi connectivity index (χ2n) is 6.98. The fourth-order valence-electron chi connectivity index (χ4n) is 2.95. The van der Waals surface area contributed by atoms with Crippen LogP contribution in [0.15, 0.2) is 42.5 Å². The lowest BCUT2D eigenvalue weighted by atomic mass is 10.1. The Morgan fingerprint density at radius 1 is 0.862 bits per heavy atom. The molecule has 0 aliphatic heterocycles. The van der Waals surface area contributed by atoms with Gasteiger partial charge in [-0.2, -0.15) is 0 Å². The fourth-order valence-corrected chi connectivity index (χ4v) is 2.95. The molecule has 0 radical (unpaired) electrons. The third kappa shape index (κ3) is 5.37. The number of benzene rings is 2. The first-order valence-corrected chi connectivity index (χ1v) is 9.11. The van der Waals surface area contributed by atoms with Crippen molar-refractivity contribution in [3.63, 3.8) is 0 Å². The summed E-state index contributed by atoms with van der Waals surface area (Å²) < 4.78 is 27.2. The van der Waals surface area contributed by atoms with Crippen molar-refractivity contribution in [2.24, 2.45) is 0 Å². The highest BCUT2D eigenvalue weighted by molar-refractivity contribution is 6.08. The number of carbonyl (C=O) groups excluding carboxylic acids is 3. The Labute approximate surface area is 167 Å². The number of anilines is 1. The molecule has 2 aromatic rings. The Morgan fingerprint density at radius 2 is 1.38 bits per heavy atom. The zero-order valence-electron chi connectivity index (χ0n) is 16.6. The van der Waals surface area contributed by atoms with E-state index in [1.165, 1.54) is 12.1 Å². The van der Waals surface area contributed by atoms with Crippen LogP contribution in [0.25, 0.3) is 0 Å². The molecular formula is C21H23F2N3O3. The van der Waals surface area contributed by atoms with E-state index in [4.69, 9.17) is 0 Å².